The van der Waals surface area contributed by atoms with Crippen molar-refractivity contribution in [1.82, 2.24) is 5.43 Å². The third kappa shape index (κ3) is 5.27. The number of rotatable bonds is 5. The van der Waals surface area contributed by atoms with Crippen LogP contribution in [0.25, 0.3) is 6.08 Å². The van der Waals surface area contributed by atoms with Crippen molar-refractivity contribution in [3.63, 3.8) is 0 Å². The Bertz CT molecular complexity index is 757. The fourth-order valence-corrected chi connectivity index (χ4v) is 2.18. The van der Waals surface area contributed by atoms with E-state index >= 15 is 0 Å². The van der Waals surface area contributed by atoms with Gasteiger partial charge in [0.05, 0.1) is 13.3 Å². The molecule has 0 saturated carbocycles. The smallest absolute Gasteiger partial charge is 0.264 e. The average Bonchev–Trinajstić information content (AvgIpc) is 2.54. The number of hydrogen-bond acceptors (Lipinski definition) is 4. The van der Waals surface area contributed by atoms with Crippen molar-refractivity contribution in [2.75, 3.05) is 7.11 Å². The number of carbonyl (C=O) groups is 1. The molecular weight excluding hydrogens is 360 g/mol. The maximum atomic E-state index is 11.7. The molecule has 0 fully saturated rings. The zero-order valence-electron chi connectivity index (χ0n) is 12.4. The molecule has 0 spiro atoms. The van der Waals surface area contributed by atoms with Gasteiger partial charge in [0.15, 0.2) is 11.5 Å². The molecule has 0 radical (unpaired) electrons. The number of phenolic OH excluding ortho intramolecular Hbond substituents is 1. The summed E-state index contributed by atoms with van der Waals surface area (Å²) in [6.07, 6.45) is 4.51. The van der Waals surface area contributed by atoms with Crippen molar-refractivity contribution in [3.8, 4) is 11.5 Å². The number of ether oxygens (including phenoxy) is 1. The summed E-state index contributed by atoms with van der Waals surface area (Å²) in [5.74, 6) is 0.0382. The van der Waals surface area contributed by atoms with Crippen LogP contribution in [0.15, 0.2) is 58.1 Å². The van der Waals surface area contributed by atoms with E-state index in [4.69, 9.17) is 4.74 Å². The third-order valence-corrected chi connectivity index (χ3v) is 3.36. The first kappa shape index (κ1) is 16.8. The first-order chi connectivity index (χ1) is 11.1. The van der Waals surface area contributed by atoms with Crippen molar-refractivity contribution >= 4 is 34.1 Å². The number of hydrogen-bond donors (Lipinski definition) is 2. The summed E-state index contributed by atoms with van der Waals surface area (Å²) < 4.78 is 5.94. The lowest BCUT2D eigenvalue weighted by Crippen LogP contribution is -2.14. The van der Waals surface area contributed by atoms with Crippen LogP contribution in [0.3, 0.4) is 0 Å². The van der Waals surface area contributed by atoms with Crippen molar-refractivity contribution in [2.24, 2.45) is 5.10 Å². The van der Waals surface area contributed by atoms with Crippen LogP contribution >= 0.6 is 15.9 Å². The van der Waals surface area contributed by atoms with Crippen molar-refractivity contribution in [1.29, 1.82) is 0 Å². The number of aromatic hydroxyl groups is 1. The average molecular weight is 375 g/mol. The molecule has 23 heavy (non-hydrogen) atoms. The van der Waals surface area contributed by atoms with Gasteiger partial charge in [0.2, 0.25) is 0 Å². The summed E-state index contributed by atoms with van der Waals surface area (Å²) >= 11 is 3.36. The van der Waals surface area contributed by atoms with E-state index in [0.29, 0.717) is 5.75 Å². The molecule has 5 nitrogen and oxygen atoms in total. The lowest BCUT2D eigenvalue weighted by atomic mass is 10.2. The monoisotopic (exact) mass is 374 g/mol. The highest BCUT2D eigenvalue weighted by Gasteiger charge is 2.01. The van der Waals surface area contributed by atoms with Gasteiger partial charge in [0, 0.05) is 10.5 Å². The van der Waals surface area contributed by atoms with Gasteiger partial charge in [-0.1, -0.05) is 34.1 Å². The molecule has 6 heteroatoms. The minimum Gasteiger partial charge on any atom is -0.504 e. The van der Waals surface area contributed by atoms with E-state index in [1.165, 1.54) is 19.3 Å². The Kier molecular flexibility index (Phi) is 5.94. The van der Waals surface area contributed by atoms with Gasteiger partial charge in [-0.2, -0.15) is 5.10 Å². The number of nitrogens with one attached hydrogen (secondary N) is 1. The first-order valence-electron chi connectivity index (χ1n) is 6.72. The molecule has 2 aromatic carbocycles. The first-order valence-corrected chi connectivity index (χ1v) is 7.51. The summed E-state index contributed by atoms with van der Waals surface area (Å²) in [7, 11) is 1.46. The maximum absolute atomic E-state index is 11.7. The van der Waals surface area contributed by atoms with Gasteiger partial charge in [-0.05, 0) is 41.5 Å². The number of methoxy groups -OCH3 is 1. The quantitative estimate of drug-likeness (QED) is 0.479. The molecule has 0 unspecified atom stereocenters. The van der Waals surface area contributed by atoms with E-state index in [1.807, 2.05) is 24.3 Å². The fourth-order valence-electron chi connectivity index (χ4n) is 1.76. The van der Waals surface area contributed by atoms with Crippen LogP contribution in [0.4, 0.5) is 0 Å². The van der Waals surface area contributed by atoms with Crippen LogP contribution in [-0.4, -0.2) is 24.3 Å². The molecule has 0 aliphatic rings. The van der Waals surface area contributed by atoms with E-state index in [-0.39, 0.29) is 11.7 Å². The van der Waals surface area contributed by atoms with Gasteiger partial charge in [-0.25, -0.2) is 5.43 Å². The molecule has 118 valence electrons. The zero-order valence-corrected chi connectivity index (χ0v) is 13.9. The molecule has 0 atom stereocenters. The standard InChI is InChI=1S/C17H15BrN2O3/c1-23-16-10-12(5-7-15(16)21)6-8-17(22)20-19-11-13-3-2-4-14(18)9-13/h2-11,21H,1H3,(H,20,22)/b8-6+,19-11+. The number of carbonyl (C=O) groups excluding carboxylic acids is 1. The maximum Gasteiger partial charge on any atom is 0.264 e. The van der Waals surface area contributed by atoms with E-state index in [9.17, 15) is 9.90 Å². The lowest BCUT2D eigenvalue weighted by molar-refractivity contribution is -0.116. The Morgan fingerprint density at radius 3 is 2.83 bits per heavy atom. The number of amides is 1. The molecular formula is C17H15BrN2O3. The Hall–Kier alpha value is -2.60. The van der Waals surface area contributed by atoms with Crippen LogP contribution in [0.2, 0.25) is 0 Å². The summed E-state index contributed by atoms with van der Waals surface area (Å²) in [6.45, 7) is 0. The molecule has 2 aromatic rings. The second-order valence-corrected chi connectivity index (χ2v) is 5.47. The van der Waals surface area contributed by atoms with E-state index in [1.54, 1.807) is 24.4 Å². The molecule has 0 aromatic heterocycles. The van der Waals surface area contributed by atoms with Gasteiger partial charge in [-0.15, -0.1) is 0 Å². The Balaban J connectivity index is 1.94. The molecule has 0 heterocycles. The van der Waals surface area contributed by atoms with Crippen LogP contribution < -0.4 is 10.2 Å². The largest absolute Gasteiger partial charge is 0.504 e. The fraction of sp³-hybridized carbons (Fsp3) is 0.0588. The number of benzene rings is 2. The Labute approximate surface area is 142 Å². The van der Waals surface area contributed by atoms with Crippen LogP contribution in [-0.2, 0) is 4.79 Å². The van der Waals surface area contributed by atoms with Gasteiger partial charge in [-0.3, -0.25) is 4.79 Å². The van der Waals surface area contributed by atoms with Crippen LogP contribution in [0.5, 0.6) is 11.5 Å². The SMILES string of the molecule is COc1cc(/C=C/C(=O)N/N=C/c2cccc(Br)c2)ccc1O. The minimum atomic E-state index is -0.358. The second-order valence-electron chi connectivity index (χ2n) is 4.55. The predicted molar refractivity (Wildman–Crippen MR) is 93.6 cm³/mol. The van der Waals surface area contributed by atoms with Crippen molar-refractivity contribution < 1.29 is 14.6 Å². The summed E-state index contributed by atoms with van der Waals surface area (Å²) in [6, 6.07) is 12.3. The molecule has 0 aliphatic heterocycles. The number of hydrazone groups is 1. The summed E-state index contributed by atoms with van der Waals surface area (Å²) in [4.78, 5) is 11.7. The van der Waals surface area contributed by atoms with E-state index in [0.717, 1.165) is 15.6 Å². The van der Waals surface area contributed by atoms with Crippen LogP contribution in [0, 0.1) is 0 Å². The normalized spacial score (nSPS) is 11.0. The van der Waals surface area contributed by atoms with Gasteiger partial charge in [0.1, 0.15) is 0 Å². The third-order valence-electron chi connectivity index (χ3n) is 2.87. The summed E-state index contributed by atoms with van der Waals surface area (Å²) in [5.41, 5.74) is 4.00. The minimum absolute atomic E-state index is 0.0488. The predicted octanol–water partition coefficient (Wildman–Crippen LogP) is 3.33. The molecule has 0 saturated heterocycles. The molecule has 1 amide bonds. The highest BCUT2D eigenvalue weighted by molar-refractivity contribution is 9.10. The molecule has 2 rings (SSSR count). The Morgan fingerprint density at radius 2 is 2.09 bits per heavy atom. The van der Waals surface area contributed by atoms with Crippen molar-refractivity contribution in [2.45, 2.75) is 0 Å². The molecule has 0 bridgehead atoms. The van der Waals surface area contributed by atoms with Crippen LogP contribution in [0.1, 0.15) is 11.1 Å². The highest BCUT2D eigenvalue weighted by atomic mass is 79.9. The number of nitrogens with zero attached hydrogens (tertiary/aromatic N) is 1. The van der Waals surface area contributed by atoms with Gasteiger partial charge < -0.3 is 9.84 Å². The Morgan fingerprint density at radius 1 is 1.26 bits per heavy atom. The topological polar surface area (TPSA) is 70.9 Å². The van der Waals surface area contributed by atoms with E-state index in [2.05, 4.69) is 26.5 Å². The highest BCUT2D eigenvalue weighted by Crippen LogP contribution is 2.26. The van der Waals surface area contributed by atoms with E-state index < -0.39 is 0 Å². The van der Waals surface area contributed by atoms with Gasteiger partial charge >= 0.3 is 0 Å². The summed E-state index contributed by atoms with van der Waals surface area (Å²) in [5, 5.41) is 13.4. The number of halogens is 1. The van der Waals surface area contributed by atoms with Crippen molar-refractivity contribution in [3.05, 3.63) is 64.1 Å². The van der Waals surface area contributed by atoms with Gasteiger partial charge in [0.25, 0.3) is 5.91 Å². The second kappa shape index (κ2) is 8.14. The lowest BCUT2D eigenvalue weighted by Gasteiger charge is -2.03. The number of phenols is 1. The molecule has 2 N–H and O–H groups in total. The zero-order chi connectivity index (χ0) is 16.7. The molecule has 0 aliphatic carbocycles.